The lowest BCUT2D eigenvalue weighted by Crippen LogP contribution is -2.49. The second-order valence-electron chi connectivity index (χ2n) is 10.3. The predicted octanol–water partition coefficient (Wildman–Crippen LogP) is 4.28. The van der Waals surface area contributed by atoms with Gasteiger partial charge in [-0.15, -0.1) is 0 Å². The van der Waals surface area contributed by atoms with Crippen LogP contribution in [0.4, 0.5) is 0 Å². The summed E-state index contributed by atoms with van der Waals surface area (Å²) in [6, 6.07) is 0.616. The molecule has 2 heterocycles. The van der Waals surface area contributed by atoms with Crippen molar-refractivity contribution in [3.8, 4) is 0 Å². The number of sulfonamides is 1. The number of carbonyl (C=O) groups excluding carboxylic acids is 1. The number of carbonyl (C=O) groups is 1. The monoisotopic (exact) mass is 402 g/mol. The quantitative estimate of drug-likeness (QED) is 0.658. The van der Waals surface area contributed by atoms with Crippen molar-refractivity contribution in [2.75, 3.05) is 19.3 Å². The molecule has 2 unspecified atom stereocenters. The molecule has 5 nitrogen and oxygen atoms in total. The molecule has 0 aromatic carbocycles. The van der Waals surface area contributed by atoms with Crippen LogP contribution in [0.25, 0.3) is 0 Å². The molecule has 2 atom stereocenters. The second kappa shape index (κ2) is 9.25. The van der Waals surface area contributed by atoms with Crippen molar-refractivity contribution >= 4 is 15.9 Å². The van der Waals surface area contributed by atoms with E-state index in [1.165, 1.54) is 25.5 Å². The van der Waals surface area contributed by atoms with Crippen molar-refractivity contribution in [1.29, 1.82) is 0 Å². The highest BCUT2D eigenvalue weighted by atomic mass is 32.2. The molecule has 160 valence electrons. The zero-order valence-corrected chi connectivity index (χ0v) is 19.7. The average Bonchev–Trinajstić information content (AvgIpc) is 2.53. The molecule has 0 spiro atoms. The van der Waals surface area contributed by atoms with Crippen LogP contribution in [-0.2, 0) is 14.8 Å². The van der Waals surface area contributed by atoms with Crippen molar-refractivity contribution in [2.24, 2.45) is 10.8 Å². The summed E-state index contributed by atoms with van der Waals surface area (Å²) in [6.45, 7) is 16.3. The summed E-state index contributed by atoms with van der Waals surface area (Å²) in [7, 11) is -3.02. The Morgan fingerprint density at radius 3 is 1.59 bits per heavy atom. The number of piperidine rings is 2. The van der Waals surface area contributed by atoms with Gasteiger partial charge in [0.05, 0.1) is 6.26 Å². The van der Waals surface area contributed by atoms with E-state index in [-0.39, 0.29) is 22.8 Å². The molecule has 2 aliphatic heterocycles. The van der Waals surface area contributed by atoms with E-state index >= 15 is 0 Å². The molecule has 0 aromatic heterocycles. The Bertz CT molecular complexity index is 588. The van der Waals surface area contributed by atoms with Gasteiger partial charge in [0.15, 0.2) is 0 Å². The van der Waals surface area contributed by atoms with E-state index in [1.807, 2.05) is 4.90 Å². The van der Waals surface area contributed by atoms with Crippen LogP contribution < -0.4 is 0 Å². The normalized spacial score (nSPS) is 25.6. The van der Waals surface area contributed by atoms with Gasteiger partial charge in [-0.25, -0.2) is 8.42 Å². The van der Waals surface area contributed by atoms with Crippen LogP contribution in [-0.4, -0.2) is 55.0 Å². The summed E-state index contributed by atoms with van der Waals surface area (Å²) in [5.74, 6) is 0.236. The predicted molar refractivity (Wildman–Crippen MR) is 113 cm³/mol. The minimum Gasteiger partial charge on any atom is -0.339 e. The van der Waals surface area contributed by atoms with E-state index in [9.17, 15) is 13.2 Å². The summed E-state index contributed by atoms with van der Waals surface area (Å²) < 4.78 is 24.8. The Balaban J connectivity index is 0.000000271. The van der Waals surface area contributed by atoms with Gasteiger partial charge < -0.3 is 4.90 Å². The topological polar surface area (TPSA) is 57.7 Å². The maximum Gasteiger partial charge on any atom is 0.219 e. The number of nitrogens with zero attached hydrogens (tertiary/aromatic N) is 2. The minimum absolute atomic E-state index is 0.0451. The lowest BCUT2D eigenvalue weighted by molar-refractivity contribution is -0.135. The van der Waals surface area contributed by atoms with Crippen molar-refractivity contribution in [3.05, 3.63) is 0 Å². The average molecular weight is 403 g/mol. The number of rotatable bonds is 1. The van der Waals surface area contributed by atoms with Gasteiger partial charge in [-0.05, 0) is 42.9 Å². The van der Waals surface area contributed by atoms with Crippen molar-refractivity contribution in [3.63, 3.8) is 0 Å². The third kappa shape index (κ3) is 7.37. The fraction of sp³-hybridized carbons (Fsp3) is 0.952. The molecular formula is C21H42N2O3S. The molecular weight excluding hydrogens is 360 g/mol. The standard InChI is InChI=1S/C11H21NO.C10H21NO2S/c1-9(13)12-8-6-5-7-10(12)11(2,3)4;1-10(2,3)9-7-5-6-8-11(9)14(4,12)13/h10H,5-8H2,1-4H3;9H,5-8H2,1-4H3. The molecule has 0 radical (unpaired) electrons. The summed E-state index contributed by atoms with van der Waals surface area (Å²) in [4.78, 5) is 13.4. The zero-order valence-electron chi connectivity index (χ0n) is 18.8. The Hall–Kier alpha value is -0.620. The lowest BCUT2D eigenvalue weighted by Gasteiger charge is -2.43. The van der Waals surface area contributed by atoms with Gasteiger partial charge in [0.25, 0.3) is 0 Å². The van der Waals surface area contributed by atoms with Crippen molar-refractivity contribution < 1.29 is 13.2 Å². The highest BCUT2D eigenvalue weighted by Crippen LogP contribution is 2.33. The second-order valence-corrected chi connectivity index (χ2v) is 12.3. The van der Waals surface area contributed by atoms with Crippen LogP contribution >= 0.6 is 0 Å². The molecule has 0 bridgehead atoms. The molecule has 0 aromatic rings. The summed E-state index contributed by atoms with van der Waals surface area (Å²) >= 11 is 0. The Morgan fingerprint density at radius 1 is 0.815 bits per heavy atom. The van der Waals surface area contributed by atoms with E-state index < -0.39 is 10.0 Å². The zero-order chi connectivity index (χ0) is 21.0. The highest BCUT2D eigenvalue weighted by Gasteiger charge is 2.37. The SMILES string of the molecule is CC(=O)N1CCCCC1C(C)(C)C.CC(C)(C)C1CCCCN1S(C)(=O)=O. The van der Waals surface area contributed by atoms with Gasteiger partial charge in [-0.3, -0.25) is 4.79 Å². The summed E-state index contributed by atoms with van der Waals surface area (Å²) in [5, 5.41) is 0. The lowest BCUT2D eigenvalue weighted by atomic mass is 9.80. The van der Waals surface area contributed by atoms with Crippen LogP contribution in [0.3, 0.4) is 0 Å². The van der Waals surface area contributed by atoms with Crippen LogP contribution in [0.2, 0.25) is 0 Å². The van der Waals surface area contributed by atoms with Gasteiger partial charge in [-0.2, -0.15) is 4.31 Å². The van der Waals surface area contributed by atoms with E-state index in [0.29, 0.717) is 12.6 Å². The number of amides is 1. The van der Waals surface area contributed by atoms with Crippen LogP contribution in [0.5, 0.6) is 0 Å². The fourth-order valence-corrected chi connectivity index (χ4v) is 5.72. The fourth-order valence-electron chi connectivity index (χ4n) is 4.38. The minimum atomic E-state index is -3.02. The molecule has 27 heavy (non-hydrogen) atoms. The van der Waals surface area contributed by atoms with Crippen molar-refractivity contribution in [1.82, 2.24) is 9.21 Å². The first-order valence-electron chi connectivity index (χ1n) is 10.4. The van der Waals surface area contributed by atoms with Gasteiger partial charge in [0.1, 0.15) is 0 Å². The first kappa shape index (κ1) is 24.4. The molecule has 0 saturated carbocycles. The highest BCUT2D eigenvalue weighted by molar-refractivity contribution is 7.88. The Morgan fingerprint density at radius 2 is 1.26 bits per heavy atom. The number of likely N-dealkylation sites (tertiary alicyclic amines) is 1. The summed E-state index contributed by atoms with van der Waals surface area (Å²) in [5.41, 5.74) is 0.273. The van der Waals surface area contributed by atoms with Crippen LogP contribution in [0.1, 0.15) is 87.0 Å². The number of hydrogen-bond donors (Lipinski definition) is 0. The molecule has 2 fully saturated rings. The van der Waals surface area contributed by atoms with Gasteiger partial charge in [0, 0.05) is 32.1 Å². The van der Waals surface area contributed by atoms with E-state index in [0.717, 1.165) is 25.8 Å². The van der Waals surface area contributed by atoms with Gasteiger partial charge in [-0.1, -0.05) is 48.0 Å². The number of hydrogen-bond acceptors (Lipinski definition) is 3. The third-order valence-corrected chi connectivity index (χ3v) is 7.08. The molecule has 2 aliphatic rings. The van der Waals surface area contributed by atoms with E-state index in [1.54, 1.807) is 11.2 Å². The Kier molecular flexibility index (Phi) is 8.37. The molecule has 1 amide bonds. The molecule has 2 rings (SSSR count). The largest absolute Gasteiger partial charge is 0.339 e. The van der Waals surface area contributed by atoms with Crippen molar-refractivity contribution in [2.45, 2.75) is 99.1 Å². The maximum atomic E-state index is 11.6. The first-order valence-corrected chi connectivity index (χ1v) is 12.2. The molecule has 2 saturated heterocycles. The first-order chi connectivity index (χ1) is 12.2. The maximum absolute atomic E-state index is 11.6. The van der Waals surface area contributed by atoms with Gasteiger partial charge in [0.2, 0.25) is 15.9 Å². The molecule has 0 aliphatic carbocycles. The smallest absolute Gasteiger partial charge is 0.219 e. The Labute approximate surface area is 167 Å². The van der Waals surface area contributed by atoms with Crippen LogP contribution in [0, 0.1) is 10.8 Å². The van der Waals surface area contributed by atoms with E-state index in [4.69, 9.17) is 0 Å². The molecule has 6 heteroatoms. The molecule has 0 N–H and O–H groups in total. The van der Waals surface area contributed by atoms with E-state index in [2.05, 4.69) is 41.5 Å². The van der Waals surface area contributed by atoms with Crippen LogP contribution in [0.15, 0.2) is 0 Å². The third-order valence-electron chi connectivity index (χ3n) is 5.79. The summed E-state index contributed by atoms with van der Waals surface area (Å²) in [6.07, 6.45) is 8.07. The van der Waals surface area contributed by atoms with Gasteiger partial charge >= 0.3 is 0 Å².